The molecule has 1 N–H and O–H groups in total. The minimum absolute atomic E-state index is 0.0928. The van der Waals surface area contributed by atoms with E-state index >= 15 is 0 Å². The van der Waals surface area contributed by atoms with Crippen molar-refractivity contribution in [2.45, 2.75) is 19.1 Å². The van der Waals surface area contributed by atoms with E-state index in [1.54, 1.807) is 18.5 Å². The topological polar surface area (TPSA) is 81.8 Å². The first-order valence-electron chi connectivity index (χ1n) is 10.6. The van der Waals surface area contributed by atoms with Crippen LogP contribution in [0.3, 0.4) is 0 Å². The van der Waals surface area contributed by atoms with Gasteiger partial charge in [0.05, 0.1) is 40.6 Å². The largest absolute Gasteiger partial charge is 0.346 e. The first-order valence-corrected chi connectivity index (χ1v) is 10.6. The number of rotatable bonds is 6. The van der Waals surface area contributed by atoms with Crippen molar-refractivity contribution in [1.82, 2.24) is 24.4 Å². The van der Waals surface area contributed by atoms with E-state index in [1.165, 1.54) is 30.6 Å². The molecule has 1 atom stereocenters. The highest BCUT2D eigenvalue weighted by atomic mass is 19.1. The summed E-state index contributed by atoms with van der Waals surface area (Å²) >= 11 is 0. The Morgan fingerprint density at radius 1 is 0.882 bits per heavy atom. The highest BCUT2D eigenvalue weighted by Gasteiger charge is 2.18. The third kappa shape index (κ3) is 4.27. The first-order chi connectivity index (χ1) is 16.5. The highest BCUT2D eigenvalue weighted by molar-refractivity contribution is 5.79. The number of imidazole rings is 1. The van der Waals surface area contributed by atoms with Crippen LogP contribution in [0.4, 0.5) is 8.78 Å². The van der Waals surface area contributed by atoms with Crippen molar-refractivity contribution in [3.8, 4) is 0 Å². The van der Waals surface area contributed by atoms with E-state index in [1.807, 2.05) is 28.8 Å². The molecule has 1 amide bonds. The van der Waals surface area contributed by atoms with Crippen molar-refractivity contribution in [3.05, 3.63) is 107 Å². The first kappa shape index (κ1) is 21.4. The monoisotopic (exact) mass is 459 g/mol. The molecule has 7 nitrogen and oxygen atoms in total. The van der Waals surface area contributed by atoms with Gasteiger partial charge < -0.3 is 9.88 Å². The molecule has 2 aromatic heterocycles. The Morgan fingerprint density at radius 3 is 2.41 bits per heavy atom. The van der Waals surface area contributed by atoms with E-state index in [0.29, 0.717) is 17.6 Å². The number of fused-ring (bicyclic) bond motifs is 2. The number of halogens is 2. The Labute approximate surface area is 192 Å². The second-order valence-corrected chi connectivity index (χ2v) is 7.90. The Bertz CT molecular complexity index is 1560. The molecule has 0 saturated heterocycles. The summed E-state index contributed by atoms with van der Waals surface area (Å²) in [4.78, 5) is 34.2. The molecule has 0 aliphatic heterocycles. The van der Waals surface area contributed by atoms with Crippen molar-refractivity contribution in [2.24, 2.45) is 0 Å². The number of nitrogens with zero attached hydrogens (tertiary/aromatic N) is 4. The van der Waals surface area contributed by atoms with Gasteiger partial charge in [0.1, 0.15) is 18.2 Å². The lowest BCUT2D eigenvalue weighted by atomic mass is 10.1. The van der Waals surface area contributed by atoms with Crippen LogP contribution in [0.2, 0.25) is 0 Å². The van der Waals surface area contributed by atoms with E-state index in [-0.39, 0.29) is 17.7 Å². The smallest absolute Gasteiger partial charge is 0.261 e. The molecule has 34 heavy (non-hydrogen) atoms. The fourth-order valence-electron chi connectivity index (χ4n) is 3.92. The number of hydrogen-bond donors (Lipinski definition) is 1. The zero-order chi connectivity index (χ0) is 23.7. The minimum atomic E-state index is -0.558. The predicted octanol–water partition coefficient (Wildman–Crippen LogP) is 3.58. The van der Waals surface area contributed by atoms with Crippen molar-refractivity contribution in [2.75, 3.05) is 0 Å². The molecule has 3 aromatic carbocycles. The number of benzene rings is 3. The molecule has 0 radical (unpaired) electrons. The molecule has 0 spiro atoms. The van der Waals surface area contributed by atoms with Gasteiger partial charge in [-0.05, 0) is 48.0 Å². The molecule has 0 aliphatic carbocycles. The molecule has 0 saturated carbocycles. The molecule has 1 unspecified atom stereocenters. The lowest BCUT2D eigenvalue weighted by Crippen LogP contribution is -2.36. The number of carbonyl (C=O) groups is 1. The van der Waals surface area contributed by atoms with Crippen LogP contribution in [-0.4, -0.2) is 25.0 Å². The average Bonchev–Trinajstić information content (AvgIpc) is 3.24. The maximum absolute atomic E-state index is 13.6. The summed E-state index contributed by atoms with van der Waals surface area (Å²) in [6.45, 7) is 0.0363. The lowest BCUT2D eigenvalue weighted by molar-refractivity contribution is -0.122. The number of nitrogens with one attached hydrogen (secondary N) is 1. The van der Waals surface area contributed by atoms with Crippen molar-refractivity contribution < 1.29 is 13.6 Å². The van der Waals surface area contributed by atoms with Crippen molar-refractivity contribution in [3.63, 3.8) is 0 Å². The fraction of sp³-hybridized carbons (Fsp3) is 0.120. The van der Waals surface area contributed by atoms with Crippen LogP contribution in [0.25, 0.3) is 21.9 Å². The van der Waals surface area contributed by atoms with Gasteiger partial charge >= 0.3 is 0 Å². The van der Waals surface area contributed by atoms with E-state index in [2.05, 4.69) is 15.3 Å². The molecular formula is C25H19F2N5O2. The van der Waals surface area contributed by atoms with E-state index in [9.17, 15) is 18.4 Å². The number of para-hydroxylation sites is 2. The third-order valence-electron chi connectivity index (χ3n) is 5.61. The molecule has 5 aromatic rings. The van der Waals surface area contributed by atoms with Crippen LogP contribution < -0.4 is 10.9 Å². The van der Waals surface area contributed by atoms with Crippen LogP contribution in [-0.2, 0) is 17.9 Å². The summed E-state index contributed by atoms with van der Waals surface area (Å²) in [6.07, 6.45) is 2.94. The maximum atomic E-state index is 13.6. The third-order valence-corrected chi connectivity index (χ3v) is 5.61. The zero-order valence-corrected chi connectivity index (χ0v) is 17.9. The molecule has 0 fully saturated rings. The number of aromatic nitrogens is 4. The SMILES string of the molecule is O=C(Cn1cnc2ccc(F)cc2c1=O)NC(Cn1cnc2ccccc21)c1ccc(F)cc1. The second kappa shape index (κ2) is 8.86. The minimum Gasteiger partial charge on any atom is -0.346 e. The Morgan fingerprint density at radius 2 is 1.59 bits per heavy atom. The second-order valence-electron chi connectivity index (χ2n) is 7.90. The quantitative estimate of drug-likeness (QED) is 0.421. The van der Waals surface area contributed by atoms with Gasteiger partial charge in [-0.25, -0.2) is 18.7 Å². The highest BCUT2D eigenvalue weighted by Crippen LogP contribution is 2.20. The van der Waals surface area contributed by atoms with Gasteiger partial charge in [0.15, 0.2) is 0 Å². The average molecular weight is 459 g/mol. The molecule has 0 bridgehead atoms. The summed E-state index contributed by atoms with van der Waals surface area (Å²) in [5.74, 6) is -1.39. The summed E-state index contributed by atoms with van der Waals surface area (Å²) < 4.78 is 30.1. The van der Waals surface area contributed by atoms with Gasteiger partial charge in [-0.3, -0.25) is 14.2 Å². The van der Waals surface area contributed by atoms with E-state index < -0.39 is 23.3 Å². The number of amides is 1. The van der Waals surface area contributed by atoms with Crippen LogP contribution in [0.5, 0.6) is 0 Å². The molecular weight excluding hydrogens is 440 g/mol. The van der Waals surface area contributed by atoms with Crippen LogP contribution in [0.1, 0.15) is 11.6 Å². The summed E-state index contributed by atoms with van der Waals surface area (Å²) in [7, 11) is 0. The standard InChI is InChI=1S/C25H19F2N5O2/c26-17-7-5-16(6-8-17)22(12-31-14-29-21-3-1-2-4-23(21)31)30-24(33)13-32-15-28-20-10-9-18(27)11-19(20)25(32)34/h1-11,14-15,22H,12-13H2,(H,30,33). The Hall–Kier alpha value is -4.40. The molecule has 9 heteroatoms. The van der Waals surface area contributed by atoms with Crippen LogP contribution >= 0.6 is 0 Å². The Balaban J connectivity index is 1.42. The zero-order valence-electron chi connectivity index (χ0n) is 17.9. The molecule has 2 heterocycles. The summed E-state index contributed by atoms with van der Waals surface area (Å²) in [5.41, 5.74) is 2.23. The van der Waals surface area contributed by atoms with Crippen LogP contribution in [0, 0.1) is 11.6 Å². The van der Waals surface area contributed by atoms with Crippen molar-refractivity contribution in [1.29, 1.82) is 0 Å². The summed E-state index contributed by atoms with van der Waals surface area (Å²) in [6, 6.07) is 16.7. The molecule has 5 rings (SSSR count). The van der Waals surface area contributed by atoms with Gasteiger partial charge in [-0.15, -0.1) is 0 Å². The van der Waals surface area contributed by atoms with Gasteiger partial charge in [0.25, 0.3) is 5.56 Å². The lowest BCUT2D eigenvalue weighted by Gasteiger charge is -2.21. The Kier molecular flexibility index (Phi) is 5.59. The molecule has 170 valence electrons. The number of hydrogen-bond acceptors (Lipinski definition) is 4. The summed E-state index contributed by atoms with van der Waals surface area (Å²) in [5, 5.41) is 3.01. The normalized spacial score (nSPS) is 12.2. The van der Waals surface area contributed by atoms with E-state index in [4.69, 9.17) is 0 Å². The number of carbonyl (C=O) groups excluding carboxylic acids is 1. The predicted molar refractivity (Wildman–Crippen MR) is 123 cm³/mol. The maximum Gasteiger partial charge on any atom is 0.261 e. The van der Waals surface area contributed by atoms with Gasteiger partial charge in [-0.2, -0.15) is 0 Å². The van der Waals surface area contributed by atoms with Gasteiger partial charge in [-0.1, -0.05) is 24.3 Å². The van der Waals surface area contributed by atoms with E-state index in [0.717, 1.165) is 21.7 Å². The molecule has 0 aliphatic rings. The van der Waals surface area contributed by atoms with Crippen LogP contribution in [0.15, 0.2) is 84.2 Å². The van der Waals surface area contributed by atoms with Gasteiger partial charge in [0, 0.05) is 6.54 Å². The van der Waals surface area contributed by atoms with Crippen molar-refractivity contribution >= 4 is 27.8 Å². The van der Waals surface area contributed by atoms with Gasteiger partial charge in [0.2, 0.25) is 5.91 Å². The fourth-order valence-corrected chi connectivity index (χ4v) is 3.92.